The fourth-order valence-electron chi connectivity index (χ4n) is 5.45. The number of para-hydroxylation sites is 1. The zero-order chi connectivity index (χ0) is 24.8. The van der Waals surface area contributed by atoms with E-state index in [1.165, 1.54) is 5.56 Å². The van der Waals surface area contributed by atoms with Crippen molar-refractivity contribution in [3.63, 3.8) is 0 Å². The molecule has 5 rings (SSSR count). The average molecular weight is 484 g/mol. The summed E-state index contributed by atoms with van der Waals surface area (Å²) in [5.41, 5.74) is 2.88. The molecule has 36 heavy (non-hydrogen) atoms. The summed E-state index contributed by atoms with van der Waals surface area (Å²) in [5.74, 6) is 0.288. The maximum Gasteiger partial charge on any atom is 0.247 e. The summed E-state index contributed by atoms with van der Waals surface area (Å²) in [4.78, 5) is 34.4. The molecular weight excluding hydrogens is 450 g/mol. The largest absolute Gasteiger partial charge is 0.354 e. The first kappa shape index (κ1) is 24.0. The quantitative estimate of drug-likeness (QED) is 0.515. The third-order valence-corrected chi connectivity index (χ3v) is 7.48. The summed E-state index contributed by atoms with van der Waals surface area (Å²) in [6.07, 6.45) is 5.89. The molecule has 0 bridgehead atoms. The van der Waals surface area contributed by atoms with Crippen LogP contribution in [0.15, 0.2) is 85.2 Å². The van der Waals surface area contributed by atoms with Gasteiger partial charge in [0.05, 0.1) is 13.2 Å². The number of hydrogen-bond donors (Lipinski definition) is 2. The van der Waals surface area contributed by atoms with Crippen molar-refractivity contribution in [2.45, 2.75) is 30.7 Å². The molecule has 1 aromatic heterocycles. The first-order chi connectivity index (χ1) is 17.6. The van der Waals surface area contributed by atoms with Gasteiger partial charge in [-0.25, -0.2) is 0 Å². The molecule has 3 heterocycles. The second-order valence-corrected chi connectivity index (χ2v) is 9.71. The molecule has 0 radical (unpaired) electrons. The molecular formula is C29H33N5O2. The maximum atomic E-state index is 12.9. The van der Waals surface area contributed by atoms with Crippen LogP contribution in [0, 0.1) is 0 Å². The Morgan fingerprint density at radius 2 is 1.72 bits per heavy atom. The Hall–Kier alpha value is -3.71. The molecule has 2 fully saturated rings. The average Bonchev–Trinajstić information content (AvgIpc) is 3.24. The number of carbonyl (C=O) groups excluding carboxylic acids is 2. The fraction of sp³-hybridized carbons (Fsp3) is 0.345. The highest BCUT2D eigenvalue weighted by molar-refractivity contribution is 5.93. The van der Waals surface area contributed by atoms with Crippen molar-refractivity contribution in [1.29, 1.82) is 0 Å². The van der Waals surface area contributed by atoms with Gasteiger partial charge in [-0.1, -0.05) is 54.6 Å². The lowest BCUT2D eigenvalue weighted by Gasteiger charge is -2.43. The van der Waals surface area contributed by atoms with E-state index in [2.05, 4.69) is 55.7 Å². The van der Waals surface area contributed by atoms with Gasteiger partial charge in [0.25, 0.3) is 0 Å². The van der Waals surface area contributed by atoms with E-state index in [1.807, 2.05) is 48.7 Å². The number of aromatic nitrogens is 1. The van der Waals surface area contributed by atoms with Crippen LogP contribution in [0.4, 0.5) is 5.69 Å². The second kappa shape index (κ2) is 10.9. The van der Waals surface area contributed by atoms with Crippen LogP contribution in [-0.2, 0) is 16.0 Å². The van der Waals surface area contributed by atoms with Gasteiger partial charge in [-0.15, -0.1) is 0 Å². The highest BCUT2D eigenvalue weighted by Gasteiger charge is 2.50. The van der Waals surface area contributed by atoms with Gasteiger partial charge in [-0.2, -0.15) is 0 Å². The van der Waals surface area contributed by atoms with E-state index in [0.717, 1.165) is 17.7 Å². The Morgan fingerprint density at radius 1 is 1.00 bits per heavy atom. The third kappa shape index (κ3) is 5.26. The lowest BCUT2D eigenvalue weighted by molar-refractivity contribution is -0.125. The highest BCUT2D eigenvalue weighted by atomic mass is 16.2. The molecule has 2 N–H and O–H groups in total. The van der Waals surface area contributed by atoms with Crippen LogP contribution in [0.3, 0.4) is 0 Å². The third-order valence-electron chi connectivity index (χ3n) is 7.48. The second-order valence-electron chi connectivity index (χ2n) is 9.71. The van der Waals surface area contributed by atoms with Crippen molar-refractivity contribution < 1.29 is 9.59 Å². The first-order valence-corrected chi connectivity index (χ1v) is 12.7. The van der Waals surface area contributed by atoms with Crippen LogP contribution in [0.1, 0.15) is 29.9 Å². The molecule has 0 saturated carbocycles. The van der Waals surface area contributed by atoms with Gasteiger partial charge in [-0.05, 0) is 48.6 Å². The summed E-state index contributed by atoms with van der Waals surface area (Å²) in [6, 6.07) is 24.4. The topological polar surface area (TPSA) is 77.6 Å². The van der Waals surface area contributed by atoms with Crippen molar-refractivity contribution in [2.75, 3.05) is 37.7 Å². The Morgan fingerprint density at radius 3 is 2.42 bits per heavy atom. The van der Waals surface area contributed by atoms with E-state index in [1.54, 1.807) is 6.20 Å². The van der Waals surface area contributed by atoms with Crippen LogP contribution >= 0.6 is 0 Å². The number of benzene rings is 2. The van der Waals surface area contributed by atoms with Gasteiger partial charge >= 0.3 is 0 Å². The first-order valence-electron chi connectivity index (χ1n) is 12.7. The Balaban J connectivity index is 1.17. The van der Waals surface area contributed by atoms with Gasteiger partial charge in [0.1, 0.15) is 5.54 Å². The van der Waals surface area contributed by atoms with Crippen LogP contribution < -0.4 is 15.5 Å². The number of nitrogens with zero attached hydrogens (tertiary/aromatic N) is 3. The van der Waals surface area contributed by atoms with Gasteiger partial charge in [0.2, 0.25) is 11.8 Å². The normalized spacial score (nSPS) is 18.1. The molecule has 7 heteroatoms. The lowest BCUT2D eigenvalue weighted by Crippen LogP contribution is -2.57. The number of rotatable bonds is 8. The smallest absolute Gasteiger partial charge is 0.247 e. The van der Waals surface area contributed by atoms with E-state index in [4.69, 9.17) is 0 Å². The molecule has 2 aromatic carbocycles. The molecule has 2 saturated heterocycles. The lowest BCUT2D eigenvalue weighted by atomic mass is 9.85. The van der Waals surface area contributed by atoms with Gasteiger partial charge in [0.15, 0.2) is 0 Å². The summed E-state index contributed by atoms with van der Waals surface area (Å²) in [5, 5.41) is 6.20. The summed E-state index contributed by atoms with van der Waals surface area (Å²) in [7, 11) is 0. The van der Waals surface area contributed by atoms with Gasteiger partial charge in [0, 0.05) is 43.6 Å². The monoisotopic (exact) mass is 483 g/mol. The Labute approximate surface area is 212 Å². The zero-order valence-electron chi connectivity index (χ0n) is 20.5. The van der Waals surface area contributed by atoms with E-state index < -0.39 is 5.54 Å². The van der Waals surface area contributed by atoms with Crippen LogP contribution in [0.2, 0.25) is 0 Å². The van der Waals surface area contributed by atoms with Crippen LogP contribution in [0.5, 0.6) is 0 Å². The molecule has 1 atom stereocenters. The number of anilines is 1. The Kier molecular flexibility index (Phi) is 7.28. The SMILES string of the molecule is O=C(CN1CCC2(CC1)C(=O)NCN2c1ccccc1)NCC(Cc1cccnc1)c1ccccc1. The summed E-state index contributed by atoms with van der Waals surface area (Å²) < 4.78 is 0. The number of piperidine rings is 1. The molecule has 3 aromatic rings. The van der Waals surface area contributed by atoms with Crippen LogP contribution in [0.25, 0.3) is 0 Å². The van der Waals surface area contributed by atoms with E-state index in [-0.39, 0.29) is 17.7 Å². The van der Waals surface area contributed by atoms with Crippen molar-refractivity contribution in [3.05, 3.63) is 96.3 Å². The molecule has 1 unspecified atom stereocenters. The number of amides is 2. The number of pyridine rings is 1. The van der Waals surface area contributed by atoms with Gasteiger partial charge < -0.3 is 15.5 Å². The standard InChI is InChI=1S/C29H33N5O2/c35-27(31-20-25(24-9-3-1-4-10-24)18-23-8-7-15-30-19-23)21-33-16-13-29(14-17-33)28(36)32-22-34(29)26-11-5-2-6-12-26/h1-12,15,19,25H,13-14,16-18,20-22H2,(H,31,35)(H,32,36). The molecule has 186 valence electrons. The summed E-state index contributed by atoms with van der Waals surface area (Å²) in [6.45, 7) is 2.86. The summed E-state index contributed by atoms with van der Waals surface area (Å²) >= 11 is 0. The predicted octanol–water partition coefficient (Wildman–Crippen LogP) is 2.95. The fourth-order valence-corrected chi connectivity index (χ4v) is 5.45. The van der Waals surface area contributed by atoms with Crippen molar-refractivity contribution in [1.82, 2.24) is 20.5 Å². The molecule has 7 nitrogen and oxygen atoms in total. The molecule has 2 aliphatic heterocycles. The minimum absolute atomic E-state index is 0.0221. The zero-order valence-corrected chi connectivity index (χ0v) is 20.5. The number of nitrogens with one attached hydrogen (secondary N) is 2. The number of likely N-dealkylation sites (tertiary alicyclic amines) is 1. The minimum atomic E-state index is -0.531. The molecule has 0 aliphatic carbocycles. The van der Waals surface area contributed by atoms with E-state index in [0.29, 0.717) is 45.7 Å². The molecule has 2 amide bonds. The van der Waals surface area contributed by atoms with Gasteiger partial charge in [-0.3, -0.25) is 19.5 Å². The van der Waals surface area contributed by atoms with Crippen LogP contribution in [-0.4, -0.2) is 60.1 Å². The predicted molar refractivity (Wildman–Crippen MR) is 140 cm³/mol. The van der Waals surface area contributed by atoms with Crippen molar-refractivity contribution in [3.8, 4) is 0 Å². The molecule has 2 aliphatic rings. The van der Waals surface area contributed by atoms with E-state index in [9.17, 15) is 9.59 Å². The van der Waals surface area contributed by atoms with Crippen molar-refractivity contribution in [2.24, 2.45) is 0 Å². The highest BCUT2D eigenvalue weighted by Crippen LogP contribution is 2.36. The Bertz CT molecular complexity index is 1150. The molecule has 1 spiro atoms. The maximum absolute atomic E-state index is 12.9. The van der Waals surface area contributed by atoms with E-state index >= 15 is 0 Å². The minimum Gasteiger partial charge on any atom is -0.354 e. The number of hydrogen-bond acceptors (Lipinski definition) is 5. The number of carbonyl (C=O) groups is 2. The van der Waals surface area contributed by atoms with Crippen molar-refractivity contribution >= 4 is 17.5 Å².